The predicted octanol–water partition coefficient (Wildman–Crippen LogP) is 0.708. The van der Waals surface area contributed by atoms with E-state index in [4.69, 9.17) is 11.6 Å². The molecule has 0 aromatic heterocycles. The maximum Gasteiger partial charge on any atom is 0.325 e. The van der Waals surface area contributed by atoms with E-state index >= 15 is 0 Å². The lowest BCUT2D eigenvalue weighted by Gasteiger charge is -2.34. The molecule has 0 radical (unpaired) electrons. The number of urea groups is 1. The van der Waals surface area contributed by atoms with Crippen LogP contribution in [0.2, 0.25) is 5.02 Å². The Bertz CT molecular complexity index is 689. The maximum absolute atomic E-state index is 12.2. The second-order valence-electron chi connectivity index (χ2n) is 5.51. The lowest BCUT2D eigenvalue weighted by atomic mass is 10.1. The van der Waals surface area contributed by atoms with E-state index < -0.39 is 18.2 Å². The third kappa shape index (κ3) is 1.78. The quantitative estimate of drug-likeness (QED) is 0.827. The van der Waals surface area contributed by atoms with Crippen molar-refractivity contribution in [1.29, 1.82) is 0 Å². The van der Waals surface area contributed by atoms with Gasteiger partial charge in [-0.05, 0) is 24.3 Å². The molecule has 8 heteroatoms. The van der Waals surface area contributed by atoms with Crippen molar-refractivity contribution in [3.8, 4) is 0 Å². The third-order valence-electron chi connectivity index (χ3n) is 4.28. The SMILES string of the molecule is CN1C(=O)NC(=O)C2C1N=C1N(c3ccc(Cl)cc3)CCN12. The lowest BCUT2D eigenvalue weighted by molar-refractivity contribution is -0.126. The third-order valence-corrected chi connectivity index (χ3v) is 4.53. The lowest BCUT2D eigenvalue weighted by Crippen LogP contribution is -2.63. The minimum atomic E-state index is -0.466. The van der Waals surface area contributed by atoms with Gasteiger partial charge in [-0.3, -0.25) is 10.1 Å². The summed E-state index contributed by atoms with van der Waals surface area (Å²) in [7, 11) is 1.65. The molecule has 0 spiro atoms. The summed E-state index contributed by atoms with van der Waals surface area (Å²) in [4.78, 5) is 34.0. The number of guanidine groups is 1. The Labute approximate surface area is 132 Å². The first-order valence-corrected chi connectivity index (χ1v) is 7.39. The van der Waals surface area contributed by atoms with Gasteiger partial charge in [0.1, 0.15) is 0 Å². The van der Waals surface area contributed by atoms with Crippen LogP contribution in [0, 0.1) is 0 Å². The van der Waals surface area contributed by atoms with Crippen LogP contribution >= 0.6 is 11.6 Å². The number of benzene rings is 1. The highest BCUT2D eigenvalue weighted by Crippen LogP contribution is 2.31. The highest BCUT2D eigenvalue weighted by atomic mass is 35.5. The first-order chi connectivity index (χ1) is 10.6. The van der Waals surface area contributed by atoms with E-state index in [-0.39, 0.29) is 5.91 Å². The molecule has 3 amide bonds. The maximum atomic E-state index is 12.2. The van der Waals surface area contributed by atoms with Crippen molar-refractivity contribution in [2.24, 2.45) is 4.99 Å². The van der Waals surface area contributed by atoms with Gasteiger partial charge >= 0.3 is 6.03 Å². The zero-order valence-electron chi connectivity index (χ0n) is 11.9. The number of nitrogens with one attached hydrogen (secondary N) is 1. The molecule has 4 rings (SSSR count). The number of rotatable bonds is 1. The normalized spacial score (nSPS) is 26.8. The van der Waals surface area contributed by atoms with Gasteiger partial charge in [-0.2, -0.15) is 0 Å². The van der Waals surface area contributed by atoms with Gasteiger partial charge in [-0.1, -0.05) is 11.6 Å². The molecule has 2 saturated heterocycles. The molecule has 3 heterocycles. The molecule has 7 nitrogen and oxygen atoms in total. The van der Waals surface area contributed by atoms with Crippen LogP contribution in [0.1, 0.15) is 0 Å². The van der Waals surface area contributed by atoms with Gasteiger partial charge in [-0.15, -0.1) is 0 Å². The van der Waals surface area contributed by atoms with E-state index in [1.807, 2.05) is 34.1 Å². The Morgan fingerprint density at radius 1 is 1.23 bits per heavy atom. The zero-order valence-corrected chi connectivity index (χ0v) is 12.6. The number of nitrogens with zero attached hydrogens (tertiary/aromatic N) is 4. The van der Waals surface area contributed by atoms with Crippen LogP contribution < -0.4 is 10.2 Å². The molecule has 2 unspecified atom stereocenters. The number of amides is 3. The van der Waals surface area contributed by atoms with Gasteiger partial charge in [0.05, 0.1) is 0 Å². The number of fused-ring (bicyclic) bond motifs is 3. The van der Waals surface area contributed by atoms with E-state index in [1.165, 1.54) is 4.90 Å². The molecule has 0 bridgehead atoms. The molecular weight excluding hydrogens is 306 g/mol. The number of likely N-dealkylation sites (N-methyl/N-ethyl adjacent to an activating group) is 1. The summed E-state index contributed by atoms with van der Waals surface area (Å²) in [6.07, 6.45) is -0.466. The minimum Gasteiger partial charge on any atom is -0.325 e. The van der Waals surface area contributed by atoms with Crippen LogP contribution in [0.5, 0.6) is 0 Å². The molecule has 114 valence electrons. The molecule has 1 aromatic rings. The summed E-state index contributed by atoms with van der Waals surface area (Å²) < 4.78 is 0. The van der Waals surface area contributed by atoms with Crippen LogP contribution in [0.25, 0.3) is 0 Å². The number of carbonyl (C=O) groups excluding carboxylic acids is 2. The number of aliphatic imine (C=N–C) groups is 1. The van der Waals surface area contributed by atoms with Crippen LogP contribution in [-0.2, 0) is 4.79 Å². The van der Waals surface area contributed by atoms with Crippen molar-refractivity contribution in [2.45, 2.75) is 12.2 Å². The number of carbonyl (C=O) groups is 2. The van der Waals surface area contributed by atoms with Gasteiger partial charge in [-0.25, -0.2) is 9.79 Å². The van der Waals surface area contributed by atoms with E-state index in [0.29, 0.717) is 11.6 Å². The summed E-state index contributed by atoms with van der Waals surface area (Å²) in [5.74, 6) is 0.443. The number of anilines is 1. The summed E-state index contributed by atoms with van der Waals surface area (Å²) in [5.41, 5.74) is 0.971. The monoisotopic (exact) mass is 319 g/mol. The Hall–Kier alpha value is -2.28. The van der Waals surface area contributed by atoms with Crippen LogP contribution in [-0.4, -0.2) is 60.0 Å². The fraction of sp³-hybridized carbons (Fsp3) is 0.357. The number of hydrogen-bond donors (Lipinski definition) is 1. The Balaban J connectivity index is 1.69. The summed E-state index contributed by atoms with van der Waals surface area (Å²) in [6, 6.07) is 6.63. The Morgan fingerprint density at radius 3 is 2.68 bits per heavy atom. The highest BCUT2D eigenvalue weighted by Gasteiger charge is 2.51. The van der Waals surface area contributed by atoms with Crippen LogP contribution in [0.3, 0.4) is 0 Å². The average Bonchev–Trinajstić information content (AvgIpc) is 3.05. The Kier molecular flexibility index (Phi) is 2.80. The minimum absolute atomic E-state index is 0.287. The second-order valence-corrected chi connectivity index (χ2v) is 5.95. The molecule has 3 aliphatic rings. The average molecular weight is 320 g/mol. The molecule has 1 aromatic carbocycles. The van der Waals surface area contributed by atoms with E-state index in [0.717, 1.165) is 18.2 Å². The van der Waals surface area contributed by atoms with Crippen molar-refractivity contribution in [3.05, 3.63) is 29.3 Å². The van der Waals surface area contributed by atoms with Crippen molar-refractivity contribution in [2.75, 3.05) is 25.0 Å². The first kappa shape index (κ1) is 13.4. The Morgan fingerprint density at radius 2 is 1.95 bits per heavy atom. The van der Waals surface area contributed by atoms with Crippen molar-refractivity contribution < 1.29 is 9.59 Å². The fourth-order valence-electron chi connectivity index (χ4n) is 3.15. The van der Waals surface area contributed by atoms with Gasteiger partial charge < -0.3 is 14.7 Å². The zero-order chi connectivity index (χ0) is 15.4. The first-order valence-electron chi connectivity index (χ1n) is 7.01. The van der Waals surface area contributed by atoms with E-state index in [9.17, 15) is 9.59 Å². The molecule has 0 saturated carbocycles. The van der Waals surface area contributed by atoms with Gasteiger partial charge in [0, 0.05) is 30.8 Å². The van der Waals surface area contributed by atoms with Gasteiger partial charge in [0.25, 0.3) is 5.91 Å². The summed E-state index contributed by atoms with van der Waals surface area (Å²) in [6.45, 7) is 1.44. The number of imide groups is 1. The summed E-state index contributed by atoms with van der Waals surface area (Å²) >= 11 is 5.93. The second kappa shape index (κ2) is 4.61. The van der Waals surface area contributed by atoms with E-state index in [2.05, 4.69) is 10.3 Å². The molecule has 1 N–H and O–H groups in total. The van der Waals surface area contributed by atoms with Crippen molar-refractivity contribution >= 4 is 35.2 Å². The molecule has 0 aliphatic carbocycles. The summed E-state index contributed by atoms with van der Waals surface area (Å²) in [5, 5.41) is 3.04. The number of hydrogen-bond acceptors (Lipinski definition) is 5. The largest absolute Gasteiger partial charge is 0.325 e. The fourth-order valence-corrected chi connectivity index (χ4v) is 3.27. The smallest absolute Gasteiger partial charge is 0.325 e. The highest BCUT2D eigenvalue weighted by molar-refractivity contribution is 6.30. The number of halogens is 1. The standard InChI is InChI=1S/C14H14ClN5O2/c1-18-11-10(12(21)17-14(18)22)20-7-6-19(13(20)16-11)9-4-2-8(15)3-5-9/h2-5,10-11H,6-7H2,1H3,(H,17,21,22). The van der Waals surface area contributed by atoms with Crippen molar-refractivity contribution in [1.82, 2.24) is 15.1 Å². The van der Waals surface area contributed by atoms with Gasteiger partial charge in [0.15, 0.2) is 12.2 Å². The van der Waals surface area contributed by atoms with Gasteiger partial charge in [0.2, 0.25) is 5.96 Å². The molecular formula is C14H14ClN5O2. The van der Waals surface area contributed by atoms with E-state index in [1.54, 1.807) is 7.05 Å². The van der Waals surface area contributed by atoms with Crippen LogP contribution in [0.4, 0.5) is 10.5 Å². The molecule has 2 atom stereocenters. The molecule has 2 fully saturated rings. The molecule has 22 heavy (non-hydrogen) atoms. The predicted molar refractivity (Wildman–Crippen MR) is 81.8 cm³/mol. The van der Waals surface area contributed by atoms with Crippen LogP contribution in [0.15, 0.2) is 29.3 Å². The molecule has 3 aliphatic heterocycles. The topological polar surface area (TPSA) is 68.2 Å². The van der Waals surface area contributed by atoms with Crippen molar-refractivity contribution in [3.63, 3.8) is 0 Å².